The predicted molar refractivity (Wildman–Crippen MR) is 54.6 cm³/mol. The Kier molecular flexibility index (Phi) is 3.30. The monoisotopic (exact) mass is 214 g/mol. The minimum Gasteiger partial charge on any atom is -0.477 e. The van der Waals surface area contributed by atoms with Gasteiger partial charge < -0.3 is 10.8 Å². The number of nitrogens with two attached hydrogens (primary N) is 1. The second-order valence-corrected chi connectivity index (χ2v) is 3.29. The molecule has 0 saturated carbocycles. The molecule has 0 radical (unpaired) electrons. The summed E-state index contributed by atoms with van der Waals surface area (Å²) in [6.07, 6.45) is 1.47. The summed E-state index contributed by atoms with van der Waals surface area (Å²) in [7, 11) is 0. The number of nitrogens with zero attached hydrogens (tertiary/aromatic N) is 1. The van der Waals surface area contributed by atoms with Crippen LogP contribution < -0.4 is 5.73 Å². The van der Waals surface area contributed by atoms with Gasteiger partial charge >= 0.3 is 5.97 Å². The van der Waals surface area contributed by atoms with E-state index in [1.54, 1.807) is 6.07 Å². The maximum atomic E-state index is 10.8. The van der Waals surface area contributed by atoms with Crippen LogP contribution >= 0.6 is 11.6 Å². The van der Waals surface area contributed by atoms with Gasteiger partial charge in [-0.1, -0.05) is 24.9 Å². The van der Waals surface area contributed by atoms with Crippen molar-refractivity contribution in [2.24, 2.45) is 0 Å². The Morgan fingerprint density at radius 1 is 1.71 bits per heavy atom. The average Bonchev–Trinajstić information content (AvgIpc) is 2.11. The molecule has 1 aromatic heterocycles. The van der Waals surface area contributed by atoms with E-state index in [1.807, 2.05) is 6.92 Å². The third kappa shape index (κ3) is 2.14. The van der Waals surface area contributed by atoms with Crippen LogP contribution in [0.2, 0.25) is 5.15 Å². The van der Waals surface area contributed by atoms with E-state index in [1.165, 1.54) is 0 Å². The van der Waals surface area contributed by atoms with Gasteiger partial charge in [-0.3, -0.25) is 0 Å². The molecule has 0 atom stereocenters. The van der Waals surface area contributed by atoms with Crippen LogP contribution in [0.1, 0.15) is 29.4 Å². The van der Waals surface area contributed by atoms with Crippen LogP contribution in [-0.4, -0.2) is 16.1 Å². The number of aromatic nitrogens is 1. The molecule has 1 heterocycles. The number of anilines is 1. The third-order valence-corrected chi connectivity index (χ3v) is 2.11. The van der Waals surface area contributed by atoms with Gasteiger partial charge in [-0.15, -0.1) is 0 Å². The molecule has 4 nitrogen and oxygen atoms in total. The molecule has 5 heteroatoms. The van der Waals surface area contributed by atoms with Crippen molar-refractivity contribution in [3.05, 3.63) is 22.5 Å². The lowest BCUT2D eigenvalue weighted by Crippen LogP contribution is -2.07. The predicted octanol–water partition coefficient (Wildman–Crippen LogP) is 1.97. The number of hydrogen-bond acceptors (Lipinski definition) is 3. The molecule has 0 bridgehead atoms. The van der Waals surface area contributed by atoms with E-state index >= 15 is 0 Å². The average molecular weight is 215 g/mol. The van der Waals surface area contributed by atoms with Gasteiger partial charge in [0.25, 0.3) is 0 Å². The summed E-state index contributed by atoms with van der Waals surface area (Å²) < 4.78 is 0. The number of pyridine rings is 1. The Morgan fingerprint density at radius 3 is 2.86 bits per heavy atom. The molecule has 0 aliphatic heterocycles. The van der Waals surface area contributed by atoms with Crippen LogP contribution in [0.15, 0.2) is 6.07 Å². The molecule has 14 heavy (non-hydrogen) atoms. The third-order valence-electron chi connectivity index (χ3n) is 1.80. The number of halogens is 1. The molecule has 0 unspecified atom stereocenters. The van der Waals surface area contributed by atoms with Crippen LogP contribution in [0.5, 0.6) is 0 Å². The van der Waals surface area contributed by atoms with E-state index in [0.29, 0.717) is 17.7 Å². The summed E-state index contributed by atoms with van der Waals surface area (Å²) in [5, 5.41) is 8.89. The van der Waals surface area contributed by atoms with Crippen LogP contribution in [0, 0.1) is 0 Å². The molecule has 0 saturated heterocycles. The van der Waals surface area contributed by atoms with Crippen molar-refractivity contribution in [3.63, 3.8) is 0 Å². The van der Waals surface area contributed by atoms with Gasteiger partial charge in [-0.2, -0.15) is 0 Å². The SMILES string of the molecule is CCCc1cc(N)c(Cl)nc1C(=O)O. The highest BCUT2D eigenvalue weighted by molar-refractivity contribution is 6.32. The fourth-order valence-corrected chi connectivity index (χ4v) is 1.33. The lowest BCUT2D eigenvalue weighted by molar-refractivity contribution is 0.0689. The van der Waals surface area contributed by atoms with Crippen molar-refractivity contribution in [1.29, 1.82) is 0 Å². The number of carboxylic acids is 1. The standard InChI is InChI=1S/C9H11ClN2O2/c1-2-3-5-4-6(11)8(10)12-7(5)9(13)14/h4H,2-3,11H2,1H3,(H,13,14). The zero-order chi connectivity index (χ0) is 10.7. The topological polar surface area (TPSA) is 76.2 Å². The van der Waals surface area contributed by atoms with Gasteiger partial charge in [-0.05, 0) is 18.1 Å². The number of rotatable bonds is 3. The number of carbonyl (C=O) groups is 1. The van der Waals surface area contributed by atoms with Crippen molar-refractivity contribution < 1.29 is 9.90 Å². The second kappa shape index (κ2) is 4.28. The van der Waals surface area contributed by atoms with Crippen molar-refractivity contribution >= 4 is 23.3 Å². The normalized spacial score (nSPS) is 10.1. The summed E-state index contributed by atoms with van der Waals surface area (Å²) in [4.78, 5) is 14.5. The Bertz CT molecular complexity index is 366. The molecular weight excluding hydrogens is 204 g/mol. The van der Waals surface area contributed by atoms with E-state index < -0.39 is 5.97 Å². The first-order chi connectivity index (χ1) is 6.56. The molecule has 0 fully saturated rings. The molecule has 76 valence electrons. The fraction of sp³-hybridized carbons (Fsp3) is 0.333. The molecule has 1 rings (SSSR count). The molecule has 3 N–H and O–H groups in total. The first-order valence-electron chi connectivity index (χ1n) is 4.24. The lowest BCUT2D eigenvalue weighted by atomic mass is 10.1. The first kappa shape index (κ1) is 10.8. The van der Waals surface area contributed by atoms with Gasteiger partial charge in [0.2, 0.25) is 0 Å². The van der Waals surface area contributed by atoms with Gasteiger partial charge in [0, 0.05) is 0 Å². The van der Waals surface area contributed by atoms with Crippen molar-refractivity contribution in [2.75, 3.05) is 5.73 Å². The van der Waals surface area contributed by atoms with Crippen LogP contribution in [0.25, 0.3) is 0 Å². The van der Waals surface area contributed by atoms with Crippen LogP contribution in [-0.2, 0) is 6.42 Å². The summed E-state index contributed by atoms with van der Waals surface area (Å²) in [6, 6.07) is 1.57. The second-order valence-electron chi connectivity index (χ2n) is 2.93. The molecule has 0 aliphatic rings. The number of aryl methyl sites for hydroxylation is 1. The highest BCUT2D eigenvalue weighted by Crippen LogP contribution is 2.20. The number of carboxylic acid groups (broad SMARTS) is 1. The Morgan fingerprint density at radius 2 is 2.36 bits per heavy atom. The van der Waals surface area contributed by atoms with Crippen molar-refractivity contribution in [3.8, 4) is 0 Å². The highest BCUT2D eigenvalue weighted by Gasteiger charge is 2.13. The zero-order valence-electron chi connectivity index (χ0n) is 7.75. The summed E-state index contributed by atoms with van der Waals surface area (Å²) in [6.45, 7) is 1.95. The maximum Gasteiger partial charge on any atom is 0.354 e. The molecule has 0 aromatic carbocycles. The van der Waals surface area contributed by atoms with E-state index in [2.05, 4.69) is 4.98 Å². The highest BCUT2D eigenvalue weighted by atomic mass is 35.5. The minimum absolute atomic E-state index is 0.00829. The van der Waals surface area contributed by atoms with E-state index in [-0.39, 0.29) is 10.8 Å². The first-order valence-corrected chi connectivity index (χ1v) is 4.62. The van der Waals surface area contributed by atoms with Crippen molar-refractivity contribution in [1.82, 2.24) is 4.98 Å². The maximum absolute atomic E-state index is 10.8. The molecular formula is C9H11ClN2O2. The van der Waals surface area contributed by atoms with Crippen LogP contribution in [0.3, 0.4) is 0 Å². The van der Waals surface area contributed by atoms with Gasteiger partial charge in [0.1, 0.15) is 0 Å². The van der Waals surface area contributed by atoms with Crippen LogP contribution in [0.4, 0.5) is 5.69 Å². The Labute approximate surface area is 86.7 Å². The number of nitrogen functional groups attached to an aromatic ring is 1. The number of aromatic carboxylic acids is 1. The van der Waals surface area contributed by atoms with Gasteiger partial charge in [-0.25, -0.2) is 9.78 Å². The summed E-state index contributed by atoms with van der Waals surface area (Å²) in [5.74, 6) is -1.07. The Hall–Kier alpha value is -1.29. The van der Waals surface area contributed by atoms with E-state index in [0.717, 1.165) is 6.42 Å². The Balaban J connectivity index is 3.24. The summed E-state index contributed by atoms with van der Waals surface area (Å²) in [5.41, 5.74) is 6.47. The number of hydrogen-bond donors (Lipinski definition) is 2. The molecule has 0 amide bonds. The lowest BCUT2D eigenvalue weighted by Gasteiger charge is -2.06. The van der Waals surface area contributed by atoms with Gasteiger partial charge in [0.15, 0.2) is 10.8 Å². The van der Waals surface area contributed by atoms with E-state index in [4.69, 9.17) is 22.4 Å². The largest absolute Gasteiger partial charge is 0.477 e. The van der Waals surface area contributed by atoms with Gasteiger partial charge in [0.05, 0.1) is 5.69 Å². The molecule has 0 aliphatic carbocycles. The summed E-state index contributed by atoms with van der Waals surface area (Å²) >= 11 is 5.63. The molecule has 0 spiro atoms. The fourth-order valence-electron chi connectivity index (χ4n) is 1.20. The quantitative estimate of drug-likeness (QED) is 0.755. The van der Waals surface area contributed by atoms with E-state index in [9.17, 15) is 4.79 Å². The molecule has 1 aromatic rings. The minimum atomic E-state index is -1.07. The zero-order valence-corrected chi connectivity index (χ0v) is 8.51. The smallest absolute Gasteiger partial charge is 0.354 e. The van der Waals surface area contributed by atoms with Crippen molar-refractivity contribution in [2.45, 2.75) is 19.8 Å².